The topological polar surface area (TPSA) is 116 Å². The van der Waals surface area contributed by atoms with E-state index in [1.54, 1.807) is 33.1 Å². The van der Waals surface area contributed by atoms with Gasteiger partial charge in [-0.05, 0) is 31.5 Å². The number of hydrogen-bond donors (Lipinski definition) is 2. The van der Waals surface area contributed by atoms with E-state index in [-0.39, 0.29) is 11.5 Å². The Bertz CT molecular complexity index is 1120. The van der Waals surface area contributed by atoms with E-state index in [1.807, 2.05) is 18.2 Å². The van der Waals surface area contributed by atoms with Gasteiger partial charge >= 0.3 is 0 Å². The number of methoxy groups -OCH3 is 1. The summed E-state index contributed by atoms with van der Waals surface area (Å²) in [5.41, 5.74) is 6.23. The number of amides is 2. The fourth-order valence-corrected chi connectivity index (χ4v) is 4.15. The molecule has 2 heterocycles. The Morgan fingerprint density at radius 3 is 2.62 bits per heavy atom. The number of nitrogens with zero attached hydrogens (tertiary/aromatic N) is 2. The molecule has 0 fully saturated rings. The summed E-state index contributed by atoms with van der Waals surface area (Å²) in [6, 6.07) is 8.19. The summed E-state index contributed by atoms with van der Waals surface area (Å²) in [6.07, 6.45) is 0.335. The first kappa shape index (κ1) is 20.7. The molecule has 2 amide bonds. The first-order valence-electron chi connectivity index (χ1n) is 9.04. The Morgan fingerprint density at radius 1 is 1.31 bits per heavy atom. The quantitative estimate of drug-likeness (QED) is 0.615. The molecule has 0 radical (unpaired) electrons. The lowest BCUT2D eigenvalue weighted by molar-refractivity contribution is -0.120. The molecule has 0 saturated heterocycles. The number of ether oxygens (including phenoxy) is 1. The number of aromatic nitrogens is 2. The highest BCUT2D eigenvalue weighted by atomic mass is 32.1. The molecule has 0 aliphatic carbocycles. The number of nitrogens with one attached hydrogen (secondary N) is 1. The number of aryl methyl sites for hydroxylation is 1. The zero-order valence-electron chi connectivity index (χ0n) is 16.4. The minimum Gasteiger partial charge on any atom is -0.384 e. The second-order valence-corrected chi connectivity index (χ2v) is 7.58. The van der Waals surface area contributed by atoms with Gasteiger partial charge in [0.25, 0.3) is 11.5 Å². The average molecular weight is 414 g/mol. The van der Waals surface area contributed by atoms with Crippen LogP contribution in [-0.2, 0) is 16.0 Å². The van der Waals surface area contributed by atoms with Crippen molar-refractivity contribution < 1.29 is 14.3 Å². The molecule has 0 spiro atoms. The Hall–Kier alpha value is -3.04. The molecule has 3 aromatic rings. The molecular weight excluding hydrogens is 392 g/mol. The number of anilines is 1. The van der Waals surface area contributed by atoms with Crippen LogP contribution in [-0.4, -0.2) is 35.1 Å². The van der Waals surface area contributed by atoms with E-state index < -0.39 is 11.9 Å². The molecule has 3 N–H and O–H groups in total. The first-order chi connectivity index (χ1) is 13.8. The Morgan fingerprint density at radius 2 is 2.00 bits per heavy atom. The van der Waals surface area contributed by atoms with Crippen molar-refractivity contribution in [2.75, 3.05) is 19.0 Å². The van der Waals surface area contributed by atoms with Crippen LogP contribution >= 0.6 is 11.3 Å². The molecule has 1 aromatic carbocycles. The predicted octanol–water partition coefficient (Wildman–Crippen LogP) is 2.25. The average Bonchev–Trinajstić information content (AvgIpc) is 3.03. The van der Waals surface area contributed by atoms with Gasteiger partial charge in [-0.1, -0.05) is 18.2 Å². The third kappa shape index (κ3) is 4.06. The number of hydrogen-bond acceptors (Lipinski definition) is 6. The minimum absolute atomic E-state index is 0.316. The molecule has 9 heteroatoms. The highest BCUT2D eigenvalue weighted by Crippen LogP contribution is 2.29. The van der Waals surface area contributed by atoms with Crippen molar-refractivity contribution in [3.63, 3.8) is 0 Å². The molecule has 0 bridgehead atoms. The van der Waals surface area contributed by atoms with Crippen molar-refractivity contribution in [3.05, 3.63) is 57.0 Å². The van der Waals surface area contributed by atoms with Crippen LogP contribution in [0.15, 0.2) is 35.1 Å². The minimum atomic E-state index is -0.868. The number of carbonyl (C=O) groups is 2. The van der Waals surface area contributed by atoms with Crippen LogP contribution in [0.4, 0.5) is 5.69 Å². The summed E-state index contributed by atoms with van der Waals surface area (Å²) in [5, 5.41) is 3.15. The van der Waals surface area contributed by atoms with Gasteiger partial charge in [0.1, 0.15) is 16.7 Å². The van der Waals surface area contributed by atoms with Crippen LogP contribution in [0.5, 0.6) is 0 Å². The summed E-state index contributed by atoms with van der Waals surface area (Å²) >= 11 is 1.15. The van der Waals surface area contributed by atoms with Crippen molar-refractivity contribution in [1.29, 1.82) is 0 Å². The number of thiophene rings is 1. The van der Waals surface area contributed by atoms with E-state index in [0.717, 1.165) is 11.3 Å². The summed E-state index contributed by atoms with van der Waals surface area (Å²) in [7, 11) is 1.54. The summed E-state index contributed by atoms with van der Waals surface area (Å²) in [5.74, 6) is -0.558. The van der Waals surface area contributed by atoms with Crippen molar-refractivity contribution in [1.82, 2.24) is 9.55 Å². The lowest BCUT2D eigenvalue weighted by Crippen LogP contribution is -2.35. The SMILES string of the molecule is COCCc1nc2sc(C(=O)Nc3ccccc3)c(C)c2c(=O)n1C(C)C(N)=O. The van der Waals surface area contributed by atoms with Gasteiger partial charge in [0.2, 0.25) is 5.91 Å². The van der Waals surface area contributed by atoms with Gasteiger partial charge in [-0.25, -0.2) is 4.98 Å². The lowest BCUT2D eigenvalue weighted by atomic mass is 10.2. The largest absolute Gasteiger partial charge is 0.384 e. The lowest BCUT2D eigenvalue weighted by Gasteiger charge is -2.16. The van der Waals surface area contributed by atoms with Gasteiger partial charge in [0, 0.05) is 19.2 Å². The molecule has 1 unspecified atom stereocenters. The zero-order valence-corrected chi connectivity index (χ0v) is 17.2. The van der Waals surface area contributed by atoms with E-state index in [1.165, 1.54) is 4.57 Å². The molecule has 0 aliphatic rings. The number of fused-ring (bicyclic) bond motifs is 1. The van der Waals surface area contributed by atoms with Crippen molar-refractivity contribution in [2.24, 2.45) is 5.73 Å². The van der Waals surface area contributed by atoms with Crippen molar-refractivity contribution >= 4 is 39.1 Å². The van der Waals surface area contributed by atoms with Crippen LogP contribution in [0.3, 0.4) is 0 Å². The normalized spacial score (nSPS) is 12.1. The van der Waals surface area contributed by atoms with Crippen molar-refractivity contribution in [2.45, 2.75) is 26.3 Å². The molecular formula is C20H22N4O4S. The maximum Gasteiger partial charge on any atom is 0.266 e. The number of benzene rings is 1. The van der Waals surface area contributed by atoms with Crippen molar-refractivity contribution in [3.8, 4) is 0 Å². The van der Waals surface area contributed by atoms with Gasteiger partial charge < -0.3 is 15.8 Å². The van der Waals surface area contributed by atoms with Crippen LogP contribution in [0.25, 0.3) is 10.2 Å². The summed E-state index contributed by atoms with van der Waals surface area (Å²) in [4.78, 5) is 43.2. The fraction of sp³-hybridized carbons (Fsp3) is 0.300. The highest BCUT2D eigenvalue weighted by Gasteiger charge is 2.25. The Balaban J connectivity index is 2.13. The monoisotopic (exact) mass is 414 g/mol. The van der Waals surface area contributed by atoms with Gasteiger partial charge in [-0.15, -0.1) is 11.3 Å². The smallest absolute Gasteiger partial charge is 0.266 e. The van der Waals surface area contributed by atoms with E-state index in [0.29, 0.717) is 45.2 Å². The molecule has 8 nitrogen and oxygen atoms in total. The maximum atomic E-state index is 13.2. The number of nitrogens with two attached hydrogens (primary N) is 1. The van der Waals surface area contributed by atoms with Crippen LogP contribution in [0.1, 0.15) is 34.0 Å². The standard InChI is InChI=1S/C20H22N4O4S/c1-11-15-19(29-16(11)18(26)22-13-7-5-4-6-8-13)23-14(9-10-28-3)24(20(15)27)12(2)17(21)25/h4-8,12H,9-10H2,1-3H3,(H2,21,25)(H,22,26). The first-order valence-corrected chi connectivity index (χ1v) is 9.86. The Labute approximate surface area is 171 Å². The van der Waals surface area contributed by atoms with E-state index in [4.69, 9.17) is 10.5 Å². The number of primary amides is 1. The molecule has 2 aromatic heterocycles. The third-order valence-corrected chi connectivity index (χ3v) is 5.82. The second-order valence-electron chi connectivity index (χ2n) is 6.58. The fourth-order valence-electron chi connectivity index (χ4n) is 3.06. The molecule has 0 saturated carbocycles. The van der Waals surface area contributed by atoms with Gasteiger partial charge in [-0.3, -0.25) is 19.0 Å². The molecule has 152 valence electrons. The predicted molar refractivity (Wildman–Crippen MR) is 112 cm³/mol. The number of carbonyl (C=O) groups excluding carboxylic acids is 2. The molecule has 1 atom stereocenters. The van der Waals surface area contributed by atoms with Gasteiger partial charge in [-0.2, -0.15) is 0 Å². The summed E-state index contributed by atoms with van der Waals surface area (Å²) in [6.45, 7) is 3.59. The summed E-state index contributed by atoms with van der Waals surface area (Å²) < 4.78 is 6.39. The van der Waals surface area contributed by atoms with Crippen LogP contribution in [0, 0.1) is 6.92 Å². The van der Waals surface area contributed by atoms with E-state index >= 15 is 0 Å². The second kappa shape index (κ2) is 8.54. The third-order valence-electron chi connectivity index (χ3n) is 4.64. The van der Waals surface area contributed by atoms with Gasteiger partial charge in [0.05, 0.1) is 16.9 Å². The number of rotatable bonds is 7. The zero-order chi connectivity index (χ0) is 21.1. The van der Waals surface area contributed by atoms with E-state index in [9.17, 15) is 14.4 Å². The molecule has 3 rings (SSSR count). The van der Waals surface area contributed by atoms with Crippen LogP contribution in [0.2, 0.25) is 0 Å². The van der Waals surface area contributed by atoms with Crippen LogP contribution < -0.4 is 16.6 Å². The maximum absolute atomic E-state index is 13.2. The highest BCUT2D eigenvalue weighted by molar-refractivity contribution is 7.20. The van der Waals surface area contributed by atoms with E-state index in [2.05, 4.69) is 10.3 Å². The molecule has 0 aliphatic heterocycles. The number of para-hydroxylation sites is 1. The molecule has 29 heavy (non-hydrogen) atoms. The van der Waals surface area contributed by atoms with Gasteiger partial charge in [0.15, 0.2) is 0 Å². The Kier molecular flexibility index (Phi) is 6.09.